The van der Waals surface area contributed by atoms with Gasteiger partial charge in [0, 0.05) is 18.7 Å². The van der Waals surface area contributed by atoms with Crippen molar-refractivity contribution in [3.05, 3.63) is 24.7 Å². The lowest BCUT2D eigenvalue weighted by Gasteiger charge is -2.31. The topological polar surface area (TPSA) is 110 Å². The second-order valence-corrected chi connectivity index (χ2v) is 6.98. The van der Waals surface area contributed by atoms with Crippen molar-refractivity contribution >= 4 is 10.0 Å². The first-order valence-electron chi connectivity index (χ1n) is 7.12. The molecule has 9 nitrogen and oxygen atoms in total. The Morgan fingerprint density at radius 1 is 1.30 bits per heavy atom. The number of hydrogen-bond acceptors (Lipinski definition) is 7. The van der Waals surface area contributed by atoms with Crippen LogP contribution < -0.4 is 9.47 Å². The maximum absolute atomic E-state index is 12.5. The first kappa shape index (κ1) is 15.7. The molecule has 0 aliphatic carbocycles. The Bertz CT molecular complexity index is 732. The molecule has 2 aromatic rings. The van der Waals surface area contributed by atoms with E-state index in [1.54, 1.807) is 12.1 Å². The summed E-state index contributed by atoms with van der Waals surface area (Å²) in [6.45, 7) is 0.713. The maximum atomic E-state index is 12.5. The molecule has 1 saturated heterocycles. The summed E-state index contributed by atoms with van der Waals surface area (Å²) in [6, 6.07) is 3.29. The molecule has 3 heterocycles. The Hall–Kier alpha value is -2.20. The summed E-state index contributed by atoms with van der Waals surface area (Å²) < 4.78 is 37.0. The number of ether oxygens (including phenoxy) is 2. The summed E-state index contributed by atoms with van der Waals surface area (Å²) in [4.78, 5) is 6.40. The maximum Gasteiger partial charge on any atom is 0.260 e. The van der Waals surface area contributed by atoms with Crippen LogP contribution in [0.5, 0.6) is 11.8 Å². The zero-order valence-corrected chi connectivity index (χ0v) is 13.4. The molecule has 0 aromatic carbocycles. The van der Waals surface area contributed by atoms with Gasteiger partial charge in [-0.1, -0.05) is 0 Å². The number of methoxy groups -OCH3 is 1. The van der Waals surface area contributed by atoms with Gasteiger partial charge < -0.3 is 14.5 Å². The van der Waals surface area contributed by atoms with E-state index < -0.39 is 10.0 Å². The predicted molar refractivity (Wildman–Crippen MR) is 79.6 cm³/mol. The van der Waals surface area contributed by atoms with Crippen LogP contribution >= 0.6 is 0 Å². The van der Waals surface area contributed by atoms with Crippen LogP contribution in [0.1, 0.15) is 12.8 Å². The Labute approximate surface area is 133 Å². The first-order chi connectivity index (χ1) is 11.1. The average Bonchev–Trinajstić information content (AvgIpc) is 3.11. The van der Waals surface area contributed by atoms with Gasteiger partial charge in [-0.15, -0.1) is 10.2 Å². The third kappa shape index (κ3) is 3.42. The van der Waals surface area contributed by atoms with Gasteiger partial charge in [0.1, 0.15) is 6.10 Å². The van der Waals surface area contributed by atoms with Crippen LogP contribution in [0, 0.1) is 0 Å². The summed E-state index contributed by atoms with van der Waals surface area (Å²) in [7, 11) is -2.07. The smallest absolute Gasteiger partial charge is 0.260 e. The van der Waals surface area contributed by atoms with E-state index >= 15 is 0 Å². The molecule has 124 valence electrons. The quantitative estimate of drug-likeness (QED) is 0.841. The van der Waals surface area contributed by atoms with Crippen molar-refractivity contribution in [2.24, 2.45) is 0 Å². The number of piperidine rings is 1. The Kier molecular flexibility index (Phi) is 4.44. The number of sulfonamides is 1. The monoisotopic (exact) mass is 339 g/mol. The largest absolute Gasteiger partial charge is 0.480 e. The Balaban J connectivity index is 1.68. The van der Waals surface area contributed by atoms with E-state index in [4.69, 9.17) is 9.47 Å². The molecule has 2 aromatic heterocycles. The van der Waals surface area contributed by atoms with Crippen LogP contribution in [-0.4, -0.2) is 59.2 Å². The molecule has 1 fully saturated rings. The van der Waals surface area contributed by atoms with E-state index in [1.165, 1.54) is 23.9 Å². The second-order valence-electron chi connectivity index (χ2n) is 5.07. The van der Waals surface area contributed by atoms with Gasteiger partial charge in [0.15, 0.2) is 5.03 Å². The third-order valence-corrected chi connectivity index (χ3v) is 5.33. The molecular weight excluding hydrogens is 322 g/mol. The number of nitrogens with one attached hydrogen (secondary N) is 1. The minimum absolute atomic E-state index is 0.0855. The van der Waals surface area contributed by atoms with Gasteiger partial charge in [0.25, 0.3) is 10.0 Å². The van der Waals surface area contributed by atoms with Crippen molar-refractivity contribution in [3.8, 4) is 11.8 Å². The van der Waals surface area contributed by atoms with E-state index in [9.17, 15) is 8.42 Å². The van der Waals surface area contributed by atoms with Gasteiger partial charge in [-0.05, 0) is 12.8 Å². The SMILES string of the molecule is COc1ccc(OC2CCCN(S(=O)(=O)c3cnc[nH]3)C2)nn1. The molecule has 0 radical (unpaired) electrons. The molecular formula is C13H17N5O4S. The highest BCUT2D eigenvalue weighted by atomic mass is 32.2. The van der Waals surface area contributed by atoms with Gasteiger partial charge in [-0.2, -0.15) is 4.31 Å². The molecule has 0 bridgehead atoms. The number of imidazole rings is 1. The average molecular weight is 339 g/mol. The van der Waals surface area contributed by atoms with Crippen LogP contribution in [0.25, 0.3) is 0 Å². The van der Waals surface area contributed by atoms with Gasteiger partial charge in [0.2, 0.25) is 11.8 Å². The fourth-order valence-electron chi connectivity index (χ4n) is 2.39. The molecule has 1 atom stereocenters. The van der Waals surface area contributed by atoms with Crippen molar-refractivity contribution in [1.29, 1.82) is 0 Å². The van der Waals surface area contributed by atoms with Crippen molar-refractivity contribution in [1.82, 2.24) is 24.5 Å². The number of rotatable bonds is 5. The summed E-state index contributed by atoms with van der Waals surface area (Å²) >= 11 is 0. The molecule has 1 aliphatic heterocycles. The Morgan fingerprint density at radius 2 is 2.09 bits per heavy atom. The molecule has 0 spiro atoms. The van der Waals surface area contributed by atoms with Crippen LogP contribution in [-0.2, 0) is 10.0 Å². The molecule has 1 unspecified atom stereocenters. The molecule has 1 aliphatic rings. The highest BCUT2D eigenvalue weighted by Gasteiger charge is 2.32. The minimum Gasteiger partial charge on any atom is -0.480 e. The standard InChI is InChI=1S/C13H17N5O4S/c1-21-11-4-5-12(17-16-11)22-10-3-2-6-18(8-10)23(19,20)13-7-14-9-15-13/h4-5,7,9-10H,2-3,6,8H2,1H3,(H,14,15). The highest BCUT2D eigenvalue weighted by molar-refractivity contribution is 7.89. The first-order valence-corrected chi connectivity index (χ1v) is 8.56. The van der Waals surface area contributed by atoms with Crippen LogP contribution in [0.4, 0.5) is 0 Å². The zero-order chi connectivity index (χ0) is 16.3. The van der Waals surface area contributed by atoms with Crippen molar-refractivity contribution in [2.75, 3.05) is 20.2 Å². The van der Waals surface area contributed by atoms with E-state index in [-0.39, 0.29) is 17.7 Å². The number of aromatic nitrogens is 4. The molecule has 10 heteroatoms. The number of hydrogen-bond donors (Lipinski definition) is 1. The predicted octanol–water partition coefficient (Wildman–Crippen LogP) is 0.440. The highest BCUT2D eigenvalue weighted by Crippen LogP contribution is 2.22. The third-order valence-electron chi connectivity index (χ3n) is 3.54. The van der Waals surface area contributed by atoms with Crippen molar-refractivity contribution in [3.63, 3.8) is 0 Å². The van der Waals surface area contributed by atoms with E-state index in [0.29, 0.717) is 24.7 Å². The molecule has 0 amide bonds. The summed E-state index contributed by atoms with van der Waals surface area (Å²) in [5.41, 5.74) is 0. The minimum atomic E-state index is -3.58. The number of H-pyrrole nitrogens is 1. The van der Waals surface area contributed by atoms with Gasteiger partial charge >= 0.3 is 0 Å². The van der Waals surface area contributed by atoms with E-state index in [2.05, 4.69) is 20.2 Å². The number of aromatic amines is 1. The van der Waals surface area contributed by atoms with Gasteiger partial charge in [0.05, 0.1) is 26.2 Å². The zero-order valence-electron chi connectivity index (χ0n) is 12.5. The van der Waals surface area contributed by atoms with Gasteiger partial charge in [-0.25, -0.2) is 13.4 Å². The summed E-state index contributed by atoms with van der Waals surface area (Å²) in [6.07, 6.45) is 3.83. The fraction of sp³-hybridized carbons (Fsp3) is 0.462. The summed E-state index contributed by atoms with van der Waals surface area (Å²) in [5.74, 6) is 0.737. The number of nitrogens with zero attached hydrogens (tertiary/aromatic N) is 4. The van der Waals surface area contributed by atoms with Gasteiger partial charge in [-0.3, -0.25) is 0 Å². The molecule has 23 heavy (non-hydrogen) atoms. The van der Waals surface area contributed by atoms with Crippen LogP contribution in [0.15, 0.2) is 29.7 Å². The molecule has 0 saturated carbocycles. The lowest BCUT2D eigenvalue weighted by Crippen LogP contribution is -2.44. The second kappa shape index (κ2) is 6.50. The van der Waals surface area contributed by atoms with Crippen molar-refractivity contribution < 1.29 is 17.9 Å². The molecule has 3 rings (SSSR count). The van der Waals surface area contributed by atoms with E-state index in [0.717, 1.165) is 6.42 Å². The lowest BCUT2D eigenvalue weighted by atomic mass is 10.1. The van der Waals surface area contributed by atoms with E-state index in [1.807, 2.05) is 0 Å². The lowest BCUT2D eigenvalue weighted by molar-refractivity contribution is 0.123. The normalized spacial score (nSPS) is 19.4. The fourth-order valence-corrected chi connectivity index (χ4v) is 3.80. The van der Waals surface area contributed by atoms with Crippen LogP contribution in [0.3, 0.4) is 0 Å². The van der Waals surface area contributed by atoms with Crippen LogP contribution in [0.2, 0.25) is 0 Å². The Morgan fingerprint density at radius 3 is 2.74 bits per heavy atom. The van der Waals surface area contributed by atoms with Crippen molar-refractivity contribution in [2.45, 2.75) is 24.0 Å². The summed E-state index contributed by atoms with van der Waals surface area (Å²) in [5, 5.41) is 7.81. The molecule has 1 N–H and O–H groups in total.